The second-order valence-electron chi connectivity index (χ2n) is 4.14. The molecule has 5 nitrogen and oxygen atoms in total. The third-order valence-corrected chi connectivity index (χ3v) is 2.66. The fourth-order valence-electron chi connectivity index (χ4n) is 1.65. The predicted molar refractivity (Wildman–Crippen MR) is 74.7 cm³/mol. The molecule has 104 valence electrons. The zero-order valence-electron chi connectivity index (χ0n) is 10.9. The van der Waals surface area contributed by atoms with Crippen LogP contribution in [-0.2, 0) is 11.3 Å². The summed E-state index contributed by atoms with van der Waals surface area (Å²) in [6, 6.07) is 15.9. The van der Waals surface area contributed by atoms with E-state index < -0.39 is 4.92 Å². The molecule has 0 aliphatic carbocycles. The monoisotopic (exact) mass is 273 g/mol. The van der Waals surface area contributed by atoms with Gasteiger partial charge in [-0.2, -0.15) is 0 Å². The van der Waals surface area contributed by atoms with Gasteiger partial charge in [-0.25, -0.2) is 0 Å². The second-order valence-corrected chi connectivity index (χ2v) is 4.14. The number of rotatable bonds is 7. The molecule has 20 heavy (non-hydrogen) atoms. The molecular weight excluding hydrogens is 258 g/mol. The number of nitro benzene ring substituents is 1. The minimum Gasteiger partial charge on any atom is -0.491 e. The fraction of sp³-hybridized carbons (Fsp3) is 0.200. The molecule has 0 saturated heterocycles. The summed E-state index contributed by atoms with van der Waals surface area (Å²) in [5.41, 5.74) is 1.17. The molecule has 0 aromatic heterocycles. The Hall–Kier alpha value is -2.40. The van der Waals surface area contributed by atoms with Gasteiger partial charge in [0.25, 0.3) is 5.69 Å². The van der Waals surface area contributed by atoms with Crippen molar-refractivity contribution in [1.82, 2.24) is 0 Å². The van der Waals surface area contributed by atoms with Crippen molar-refractivity contribution in [2.24, 2.45) is 0 Å². The highest BCUT2D eigenvalue weighted by Crippen LogP contribution is 2.17. The van der Waals surface area contributed by atoms with Gasteiger partial charge in [-0.05, 0) is 17.7 Å². The number of hydrogen-bond acceptors (Lipinski definition) is 4. The molecule has 0 fully saturated rings. The summed E-state index contributed by atoms with van der Waals surface area (Å²) in [7, 11) is 0. The largest absolute Gasteiger partial charge is 0.491 e. The van der Waals surface area contributed by atoms with Crippen molar-refractivity contribution in [3.05, 3.63) is 70.3 Å². The van der Waals surface area contributed by atoms with Gasteiger partial charge in [0.2, 0.25) is 0 Å². The highest BCUT2D eigenvalue weighted by Gasteiger charge is 2.04. The maximum Gasteiger partial charge on any atom is 0.269 e. The molecule has 0 unspecified atom stereocenters. The van der Waals surface area contributed by atoms with Crippen LogP contribution in [0.2, 0.25) is 0 Å². The molecule has 0 atom stereocenters. The topological polar surface area (TPSA) is 61.6 Å². The van der Waals surface area contributed by atoms with Crippen molar-refractivity contribution < 1.29 is 14.4 Å². The Balaban J connectivity index is 1.67. The Bertz CT molecular complexity index is 540. The van der Waals surface area contributed by atoms with Gasteiger partial charge in [0.15, 0.2) is 0 Å². The third-order valence-electron chi connectivity index (χ3n) is 2.66. The van der Waals surface area contributed by atoms with Gasteiger partial charge in [0.05, 0.1) is 18.1 Å². The maximum atomic E-state index is 10.5. The molecule has 0 spiro atoms. The van der Waals surface area contributed by atoms with E-state index in [2.05, 4.69) is 0 Å². The van der Waals surface area contributed by atoms with Gasteiger partial charge < -0.3 is 9.47 Å². The zero-order chi connectivity index (χ0) is 14.2. The molecule has 0 aliphatic heterocycles. The number of nitrogens with zero attached hydrogens (tertiary/aromatic N) is 1. The van der Waals surface area contributed by atoms with Crippen LogP contribution >= 0.6 is 0 Å². The number of ether oxygens (including phenoxy) is 2. The zero-order valence-corrected chi connectivity index (χ0v) is 10.9. The van der Waals surface area contributed by atoms with E-state index in [4.69, 9.17) is 9.47 Å². The molecule has 0 aliphatic rings. The van der Waals surface area contributed by atoms with E-state index in [0.717, 1.165) is 5.56 Å². The molecule has 0 N–H and O–H groups in total. The maximum absolute atomic E-state index is 10.5. The van der Waals surface area contributed by atoms with Gasteiger partial charge in [0, 0.05) is 12.1 Å². The van der Waals surface area contributed by atoms with Crippen LogP contribution in [0.1, 0.15) is 5.56 Å². The highest BCUT2D eigenvalue weighted by molar-refractivity contribution is 5.35. The molecule has 2 aromatic carbocycles. The van der Waals surface area contributed by atoms with Gasteiger partial charge in [-0.3, -0.25) is 10.1 Å². The van der Waals surface area contributed by atoms with E-state index in [9.17, 15) is 10.1 Å². The molecule has 0 bridgehead atoms. The summed E-state index contributed by atoms with van der Waals surface area (Å²) in [4.78, 5) is 10.1. The van der Waals surface area contributed by atoms with Crippen LogP contribution in [0.5, 0.6) is 5.75 Å². The van der Waals surface area contributed by atoms with Crippen LogP contribution in [0.25, 0.3) is 0 Å². The van der Waals surface area contributed by atoms with E-state index in [1.807, 2.05) is 30.3 Å². The van der Waals surface area contributed by atoms with Crippen LogP contribution in [0.15, 0.2) is 54.6 Å². The Morgan fingerprint density at radius 2 is 1.65 bits per heavy atom. The Labute approximate surface area is 116 Å². The van der Waals surface area contributed by atoms with Crippen molar-refractivity contribution >= 4 is 5.69 Å². The molecular formula is C15H15NO4. The van der Waals surface area contributed by atoms with Crippen molar-refractivity contribution in [1.29, 1.82) is 0 Å². The summed E-state index contributed by atoms with van der Waals surface area (Å²) in [5.74, 6) is 0.596. The molecule has 0 heterocycles. The Kier molecular flexibility index (Phi) is 5.08. The third kappa shape index (κ3) is 4.37. The molecule has 0 saturated carbocycles. The lowest BCUT2D eigenvalue weighted by atomic mass is 10.2. The van der Waals surface area contributed by atoms with E-state index >= 15 is 0 Å². The van der Waals surface area contributed by atoms with Crippen molar-refractivity contribution in [3.8, 4) is 5.75 Å². The van der Waals surface area contributed by atoms with E-state index in [-0.39, 0.29) is 5.69 Å². The van der Waals surface area contributed by atoms with Crippen LogP contribution in [0.3, 0.4) is 0 Å². The first kappa shape index (κ1) is 14.0. The average Bonchev–Trinajstić information content (AvgIpc) is 2.48. The van der Waals surface area contributed by atoms with Crippen molar-refractivity contribution in [2.75, 3.05) is 13.2 Å². The van der Waals surface area contributed by atoms with Crippen LogP contribution < -0.4 is 4.74 Å². The van der Waals surface area contributed by atoms with Gasteiger partial charge >= 0.3 is 0 Å². The SMILES string of the molecule is O=[N+]([O-])c1ccc(OCCOCc2ccccc2)cc1. The number of non-ortho nitro benzene ring substituents is 1. The van der Waals surface area contributed by atoms with Crippen LogP contribution in [0.4, 0.5) is 5.69 Å². The van der Waals surface area contributed by atoms with Gasteiger partial charge in [-0.15, -0.1) is 0 Å². The summed E-state index contributed by atoms with van der Waals surface area (Å²) in [6.07, 6.45) is 0. The minimum absolute atomic E-state index is 0.0534. The molecule has 2 aromatic rings. The average molecular weight is 273 g/mol. The minimum atomic E-state index is -0.438. The van der Waals surface area contributed by atoms with Crippen LogP contribution in [-0.4, -0.2) is 18.1 Å². The number of nitro groups is 1. The van der Waals surface area contributed by atoms with Crippen molar-refractivity contribution in [3.63, 3.8) is 0 Å². The van der Waals surface area contributed by atoms with Crippen LogP contribution in [0, 0.1) is 10.1 Å². The highest BCUT2D eigenvalue weighted by atomic mass is 16.6. The Morgan fingerprint density at radius 1 is 0.950 bits per heavy atom. The predicted octanol–water partition coefficient (Wildman–Crippen LogP) is 3.19. The molecule has 2 rings (SSSR count). The fourth-order valence-corrected chi connectivity index (χ4v) is 1.65. The summed E-state index contributed by atoms with van der Waals surface area (Å²) >= 11 is 0. The Morgan fingerprint density at radius 3 is 2.30 bits per heavy atom. The summed E-state index contributed by atoms with van der Waals surface area (Å²) in [6.45, 7) is 1.42. The smallest absolute Gasteiger partial charge is 0.269 e. The normalized spacial score (nSPS) is 10.2. The van der Waals surface area contributed by atoms with Crippen molar-refractivity contribution in [2.45, 2.75) is 6.61 Å². The lowest BCUT2D eigenvalue weighted by Gasteiger charge is -2.07. The quantitative estimate of drug-likeness (QED) is 0.441. The first-order valence-electron chi connectivity index (χ1n) is 6.24. The molecule has 0 amide bonds. The second kappa shape index (κ2) is 7.25. The first-order chi connectivity index (χ1) is 9.75. The van der Waals surface area contributed by atoms with E-state index in [0.29, 0.717) is 25.6 Å². The first-order valence-corrected chi connectivity index (χ1v) is 6.24. The van der Waals surface area contributed by atoms with E-state index in [1.54, 1.807) is 12.1 Å². The molecule has 0 radical (unpaired) electrons. The lowest BCUT2D eigenvalue weighted by molar-refractivity contribution is -0.384. The number of hydrogen-bond donors (Lipinski definition) is 0. The standard InChI is InChI=1S/C15H15NO4/c17-16(18)14-6-8-15(9-7-14)20-11-10-19-12-13-4-2-1-3-5-13/h1-9H,10-12H2. The summed E-state index contributed by atoms with van der Waals surface area (Å²) in [5, 5.41) is 10.5. The van der Waals surface area contributed by atoms with Gasteiger partial charge in [-0.1, -0.05) is 30.3 Å². The molecule has 5 heteroatoms. The lowest BCUT2D eigenvalue weighted by Crippen LogP contribution is -2.06. The van der Waals surface area contributed by atoms with Gasteiger partial charge in [0.1, 0.15) is 12.4 Å². The van der Waals surface area contributed by atoms with E-state index in [1.165, 1.54) is 12.1 Å². The number of benzene rings is 2. The summed E-state index contributed by atoms with van der Waals surface area (Å²) < 4.78 is 10.9.